The van der Waals surface area contributed by atoms with E-state index in [0.29, 0.717) is 35.7 Å². The molecule has 0 spiro atoms. The molecule has 1 N–H and O–H groups in total. The van der Waals surface area contributed by atoms with Gasteiger partial charge >= 0.3 is 0 Å². The van der Waals surface area contributed by atoms with Crippen molar-refractivity contribution in [2.24, 2.45) is 0 Å². The van der Waals surface area contributed by atoms with Gasteiger partial charge in [-0.2, -0.15) is 0 Å². The van der Waals surface area contributed by atoms with E-state index >= 15 is 0 Å². The molecule has 0 aliphatic carbocycles. The summed E-state index contributed by atoms with van der Waals surface area (Å²) in [5.41, 5.74) is 1.46. The lowest BCUT2D eigenvalue weighted by atomic mass is 10.0. The van der Waals surface area contributed by atoms with Gasteiger partial charge in [-0.1, -0.05) is 0 Å². The molecular formula is C15H18N2O4. The molecule has 1 aromatic carbocycles. The molecule has 0 bridgehead atoms. The van der Waals surface area contributed by atoms with Crippen molar-refractivity contribution in [3.8, 4) is 17.2 Å². The van der Waals surface area contributed by atoms with Gasteiger partial charge in [-0.05, 0) is 18.6 Å². The molecule has 0 radical (unpaired) electrons. The fraction of sp³-hybridized carbons (Fsp3) is 0.333. The Morgan fingerprint density at radius 2 is 1.81 bits per heavy atom. The van der Waals surface area contributed by atoms with Crippen LogP contribution in [0.4, 0.5) is 0 Å². The minimum Gasteiger partial charge on any atom is -0.493 e. The largest absolute Gasteiger partial charge is 0.493 e. The maximum Gasteiger partial charge on any atom is 0.203 e. The van der Waals surface area contributed by atoms with E-state index in [2.05, 4.69) is 9.97 Å². The number of nitrogens with zero attached hydrogens (tertiary/aromatic N) is 1. The molecule has 0 saturated heterocycles. The minimum atomic E-state index is 0.00357. The summed E-state index contributed by atoms with van der Waals surface area (Å²) < 4.78 is 15.7. The van der Waals surface area contributed by atoms with Crippen LogP contribution in [0.5, 0.6) is 17.2 Å². The molecule has 0 amide bonds. The lowest BCUT2D eigenvalue weighted by Gasteiger charge is -2.13. The standard InChI is InChI=1S/C15H18N2O4/c1-19-13-6-10(7-14(20-2)15(13)21-3)12(18)5-4-11-8-16-9-17-11/h6-9H,4-5H2,1-3H3,(H,16,17). The van der Waals surface area contributed by atoms with Crippen LogP contribution in [0.3, 0.4) is 0 Å². The molecule has 0 saturated carbocycles. The average Bonchev–Trinajstić information content (AvgIpc) is 3.04. The highest BCUT2D eigenvalue weighted by Crippen LogP contribution is 2.38. The Balaban J connectivity index is 2.20. The van der Waals surface area contributed by atoms with Crippen molar-refractivity contribution in [1.82, 2.24) is 9.97 Å². The molecule has 1 heterocycles. The number of carbonyl (C=O) groups is 1. The number of aromatic nitrogens is 2. The predicted molar refractivity (Wildman–Crippen MR) is 77.3 cm³/mol. The third-order valence-electron chi connectivity index (χ3n) is 3.16. The van der Waals surface area contributed by atoms with Gasteiger partial charge in [0, 0.05) is 23.9 Å². The maximum atomic E-state index is 12.3. The summed E-state index contributed by atoms with van der Waals surface area (Å²) in [5.74, 6) is 1.43. The lowest BCUT2D eigenvalue weighted by Crippen LogP contribution is -2.04. The van der Waals surface area contributed by atoms with Gasteiger partial charge in [0.15, 0.2) is 17.3 Å². The van der Waals surface area contributed by atoms with Crippen molar-refractivity contribution in [2.45, 2.75) is 12.8 Å². The highest BCUT2D eigenvalue weighted by atomic mass is 16.5. The molecule has 0 aliphatic rings. The summed E-state index contributed by atoms with van der Waals surface area (Å²) in [6.45, 7) is 0. The molecule has 1 aromatic heterocycles. The number of imidazole rings is 1. The zero-order chi connectivity index (χ0) is 15.2. The van der Waals surface area contributed by atoms with E-state index in [0.717, 1.165) is 5.69 Å². The maximum absolute atomic E-state index is 12.3. The zero-order valence-electron chi connectivity index (χ0n) is 12.3. The van der Waals surface area contributed by atoms with Crippen molar-refractivity contribution >= 4 is 5.78 Å². The van der Waals surface area contributed by atoms with Gasteiger partial charge in [-0.15, -0.1) is 0 Å². The van der Waals surface area contributed by atoms with E-state index in [1.54, 1.807) is 24.7 Å². The average molecular weight is 290 g/mol. The fourth-order valence-corrected chi connectivity index (χ4v) is 2.06. The van der Waals surface area contributed by atoms with E-state index in [1.165, 1.54) is 21.3 Å². The van der Waals surface area contributed by atoms with Gasteiger partial charge in [0.1, 0.15) is 0 Å². The molecule has 6 heteroatoms. The van der Waals surface area contributed by atoms with Crippen LogP contribution >= 0.6 is 0 Å². The molecule has 0 aliphatic heterocycles. The molecule has 0 atom stereocenters. The van der Waals surface area contributed by atoms with E-state index < -0.39 is 0 Å². The van der Waals surface area contributed by atoms with Crippen molar-refractivity contribution in [2.75, 3.05) is 21.3 Å². The second-order valence-corrected chi connectivity index (χ2v) is 4.41. The first-order valence-corrected chi connectivity index (χ1v) is 6.50. The van der Waals surface area contributed by atoms with Crippen LogP contribution in [0, 0.1) is 0 Å². The van der Waals surface area contributed by atoms with Crippen LogP contribution in [0.1, 0.15) is 22.5 Å². The molecule has 0 unspecified atom stereocenters. The number of hydrogen-bond donors (Lipinski definition) is 1. The second-order valence-electron chi connectivity index (χ2n) is 4.41. The predicted octanol–water partition coefficient (Wildman–Crippen LogP) is 2.25. The highest BCUT2D eigenvalue weighted by molar-refractivity contribution is 5.97. The molecule has 6 nitrogen and oxygen atoms in total. The number of rotatable bonds is 7. The highest BCUT2D eigenvalue weighted by Gasteiger charge is 2.16. The molecule has 2 rings (SSSR count). The van der Waals surface area contributed by atoms with Gasteiger partial charge in [0.25, 0.3) is 0 Å². The number of H-pyrrole nitrogens is 1. The smallest absolute Gasteiger partial charge is 0.203 e. The first kappa shape index (κ1) is 14.9. The van der Waals surface area contributed by atoms with Crippen LogP contribution < -0.4 is 14.2 Å². The number of carbonyl (C=O) groups excluding carboxylic acids is 1. The van der Waals surface area contributed by atoms with Crippen LogP contribution in [0.15, 0.2) is 24.7 Å². The number of Topliss-reactive ketones (excluding diaryl/α,β-unsaturated/α-hetero) is 1. The number of nitrogens with one attached hydrogen (secondary N) is 1. The fourth-order valence-electron chi connectivity index (χ4n) is 2.06. The van der Waals surface area contributed by atoms with Gasteiger partial charge < -0.3 is 19.2 Å². The van der Waals surface area contributed by atoms with Crippen molar-refractivity contribution in [1.29, 1.82) is 0 Å². The van der Waals surface area contributed by atoms with Gasteiger partial charge in [0.2, 0.25) is 5.75 Å². The SMILES string of the molecule is COc1cc(C(=O)CCc2cnc[nH]2)cc(OC)c1OC. The first-order chi connectivity index (χ1) is 10.2. The van der Waals surface area contributed by atoms with E-state index in [4.69, 9.17) is 14.2 Å². The van der Waals surface area contributed by atoms with Crippen molar-refractivity contribution in [3.05, 3.63) is 35.9 Å². The number of aromatic amines is 1. The number of aryl methyl sites for hydroxylation is 1. The molecule has 21 heavy (non-hydrogen) atoms. The topological polar surface area (TPSA) is 73.4 Å². The summed E-state index contributed by atoms with van der Waals surface area (Å²) >= 11 is 0. The zero-order valence-corrected chi connectivity index (χ0v) is 12.3. The Labute approximate surface area is 123 Å². The van der Waals surface area contributed by atoms with E-state index in [1.807, 2.05) is 0 Å². The minimum absolute atomic E-state index is 0.00357. The molecule has 0 fully saturated rings. The van der Waals surface area contributed by atoms with Gasteiger partial charge in [-0.25, -0.2) is 4.98 Å². The Hall–Kier alpha value is -2.50. The summed E-state index contributed by atoms with van der Waals surface area (Å²) in [7, 11) is 4.58. The summed E-state index contributed by atoms with van der Waals surface area (Å²) in [5, 5.41) is 0. The van der Waals surface area contributed by atoms with Crippen LogP contribution in [0.25, 0.3) is 0 Å². The van der Waals surface area contributed by atoms with E-state index in [9.17, 15) is 4.79 Å². The molecular weight excluding hydrogens is 272 g/mol. The Bertz CT molecular complexity index is 583. The molecule has 2 aromatic rings. The summed E-state index contributed by atoms with van der Waals surface area (Å²) in [6, 6.07) is 3.33. The third-order valence-corrected chi connectivity index (χ3v) is 3.16. The Kier molecular flexibility index (Phi) is 4.81. The van der Waals surface area contributed by atoms with Gasteiger partial charge in [-0.3, -0.25) is 4.79 Å². The first-order valence-electron chi connectivity index (χ1n) is 6.50. The van der Waals surface area contributed by atoms with Crippen LogP contribution in [-0.2, 0) is 6.42 Å². The second kappa shape index (κ2) is 6.78. The Morgan fingerprint density at radius 3 is 2.29 bits per heavy atom. The molecule has 112 valence electrons. The third kappa shape index (κ3) is 3.34. The number of ketones is 1. The van der Waals surface area contributed by atoms with Crippen molar-refractivity contribution in [3.63, 3.8) is 0 Å². The van der Waals surface area contributed by atoms with Crippen LogP contribution in [-0.4, -0.2) is 37.1 Å². The monoisotopic (exact) mass is 290 g/mol. The van der Waals surface area contributed by atoms with Crippen molar-refractivity contribution < 1.29 is 19.0 Å². The Morgan fingerprint density at radius 1 is 1.14 bits per heavy atom. The summed E-state index contributed by atoms with van der Waals surface area (Å²) in [6.07, 6.45) is 4.29. The number of ether oxygens (including phenoxy) is 3. The summed E-state index contributed by atoms with van der Waals surface area (Å²) in [4.78, 5) is 19.2. The number of hydrogen-bond acceptors (Lipinski definition) is 5. The number of methoxy groups -OCH3 is 3. The number of benzene rings is 1. The quantitative estimate of drug-likeness (QED) is 0.792. The normalized spacial score (nSPS) is 10.2. The van der Waals surface area contributed by atoms with E-state index in [-0.39, 0.29) is 5.78 Å². The lowest BCUT2D eigenvalue weighted by molar-refractivity contribution is 0.0981. The van der Waals surface area contributed by atoms with Gasteiger partial charge in [0.05, 0.1) is 27.7 Å². The van der Waals surface area contributed by atoms with Crippen LogP contribution in [0.2, 0.25) is 0 Å².